The molecule has 0 saturated carbocycles. The van der Waals surface area contributed by atoms with Crippen LogP contribution in [0.2, 0.25) is 0 Å². The van der Waals surface area contributed by atoms with Crippen molar-refractivity contribution in [3.8, 4) is 6.07 Å². The molecule has 0 aliphatic rings. The smallest absolute Gasteiger partial charge is 0.254 e. The summed E-state index contributed by atoms with van der Waals surface area (Å²) in [4.78, 5) is 3.25. The molecule has 0 amide bonds. The van der Waals surface area contributed by atoms with Gasteiger partial charge in [-0.2, -0.15) is 5.26 Å². The summed E-state index contributed by atoms with van der Waals surface area (Å²) in [5, 5.41) is 8.50. The third-order valence-electron chi connectivity index (χ3n) is 2.59. The molecule has 0 saturated heterocycles. The van der Waals surface area contributed by atoms with Crippen LogP contribution in [0, 0.1) is 11.3 Å². The molecule has 1 heterocycles. The molecule has 0 aliphatic carbocycles. The van der Waals surface area contributed by atoms with Crippen LogP contribution in [0.15, 0.2) is 12.4 Å². The van der Waals surface area contributed by atoms with Crippen molar-refractivity contribution in [2.24, 2.45) is 0 Å². The maximum Gasteiger partial charge on any atom is 0.254 e. The summed E-state index contributed by atoms with van der Waals surface area (Å²) in [6.07, 6.45) is 8.66. The second-order valence-electron chi connectivity index (χ2n) is 4.08. The van der Waals surface area contributed by atoms with E-state index in [9.17, 15) is 0 Å². The van der Waals surface area contributed by atoms with Crippen LogP contribution in [-0.4, -0.2) is 18.2 Å². The molecule has 0 aliphatic heterocycles. The van der Waals surface area contributed by atoms with Crippen molar-refractivity contribution in [2.75, 3.05) is 13.2 Å². The van der Waals surface area contributed by atoms with Gasteiger partial charge in [-0.1, -0.05) is 6.92 Å². The molecule has 94 valence electrons. The van der Waals surface area contributed by atoms with E-state index in [2.05, 4.69) is 22.5 Å². The average molecular weight is 236 g/mol. The highest BCUT2D eigenvalue weighted by Crippen LogP contribution is 1.96. The van der Waals surface area contributed by atoms with Crippen LogP contribution in [0.3, 0.4) is 0 Å². The van der Waals surface area contributed by atoms with E-state index in [0.717, 1.165) is 45.4 Å². The zero-order valence-electron chi connectivity index (χ0n) is 10.6. The average Bonchev–Trinajstić information content (AvgIpc) is 2.77. The highest BCUT2D eigenvalue weighted by atomic mass is 16.5. The van der Waals surface area contributed by atoms with E-state index in [1.165, 1.54) is 5.82 Å². The van der Waals surface area contributed by atoms with Gasteiger partial charge in [0.15, 0.2) is 0 Å². The Hall–Kier alpha value is -1.34. The maximum absolute atomic E-state index is 8.50. The molecule has 17 heavy (non-hydrogen) atoms. The first-order valence-corrected chi connectivity index (χ1v) is 6.39. The monoisotopic (exact) mass is 236 g/mol. The van der Waals surface area contributed by atoms with Gasteiger partial charge in [-0.15, -0.1) is 0 Å². The lowest BCUT2D eigenvalue weighted by molar-refractivity contribution is -0.703. The van der Waals surface area contributed by atoms with Crippen LogP contribution in [0.25, 0.3) is 0 Å². The fourth-order valence-corrected chi connectivity index (χ4v) is 1.74. The van der Waals surface area contributed by atoms with Crippen molar-refractivity contribution in [1.29, 1.82) is 5.26 Å². The number of unbranched alkanes of at least 4 members (excludes halogenated alkanes) is 1. The zero-order chi connectivity index (χ0) is 12.3. The molecule has 0 spiro atoms. The van der Waals surface area contributed by atoms with Gasteiger partial charge in [-0.3, -0.25) is 0 Å². The number of aryl methyl sites for hydroxylation is 2. The minimum absolute atomic E-state index is 0.622. The van der Waals surface area contributed by atoms with E-state index >= 15 is 0 Å². The van der Waals surface area contributed by atoms with Gasteiger partial charge >= 0.3 is 0 Å². The number of imidazole rings is 1. The quantitative estimate of drug-likeness (QED) is 0.526. The predicted molar refractivity (Wildman–Crippen MR) is 65.3 cm³/mol. The largest absolute Gasteiger partial charge is 0.381 e. The molecule has 1 aromatic rings. The van der Waals surface area contributed by atoms with Gasteiger partial charge in [-0.05, 0) is 19.3 Å². The molecular weight excluding hydrogens is 214 g/mol. The lowest BCUT2D eigenvalue weighted by Gasteiger charge is -2.01. The number of nitriles is 1. The number of H-pyrrole nitrogens is 1. The summed E-state index contributed by atoms with van der Waals surface area (Å²) < 4.78 is 7.64. The summed E-state index contributed by atoms with van der Waals surface area (Å²) >= 11 is 0. The summed E-state index contributed by atoms with van der Waals surface area (Å²) in [6.45, 7) is 4.72. The van der Waals surface area contributed by atoms with Crippen molar-refractivity contribution in [3.63, 3.8) is 0 Å². The van der Waals surface area contributed by atoms with Gasteiger partial charge in [0.2, 0.25) is 0 Å². The normalized spacial score (nSPS) is 10.4. The molecule has 0 aromatic carbocycles. The first-order valence-electron chi connectivity index (χ1n) is 6.39. The zero-order valence-corrected chi connectivity index (χ0v) is 10.6. The Balaban J connectivity index is 2.23. The molecule has 4 nitrogen and oxygen atoms in total. The topological polar surface area (TPSA) is 52.7 Å². The summed E-state index contributed by atoms with van der Waals surface area (Å²) in [5.41, 5.74) is 0. The van der Waals surface area contributed by atoms with Crippen LogP contribution in [0.1, 0.15) is 38.4 Å². The van der Waals surface area contributed by atoms with Gasteiger partial charge in [0.05, 0.1) is 19.0 Å². The third-order valence-corrected chi connectivity index (χ3v) is 2.59. The molecule has 4 heteroatoms. The number of aromatic amines is 1. The lowest BCUT2D eigenvalue weighted by Crippen LogP contribution is -2.36. The van der Waals surface area contributed by atoms with Crippen molar-refractivity contribution in [3.05, 3.63) is 18.2 Å². The van der Waals surface area contributed by atoms with Crippen LogP contribution in [0.4, 0.5) is 0 Å². The van der Waals surface area contributed by atoms with Crippen molar-refractivity contribution in [1.82, 2.24) is 4.98 Å². The number of ether oxygens (including phenoxy) is 1. The second kappa shape index (κ2) is 8.77. The van der Waals surface area contributed by atoms with Crippen molar-refractivity contribution < 1.29 is 9.30 Å². The molecule has 1 aromatic heterocycles. The second-order valence-corrected chi connectivity index (χ2v) is 4.08. The number of nitrogens with zero attached hydrogens (tertiary/aromatic N) is 2. The van der Waals surface area contributed by atoms with Gasteiger partial charge in [0, 0.05) is 19.6 Å². The van der Waals surface area contributed by atoms with E-state index in [4.69, 9.17) is 10.00 Å². The van der Waals surface area contributed by atoms with Crippen LogP contribution >= 0.6 is 0 Å². The lowest BCUT2D eigenvalue weighted by atomic mass is 10.3. The Kier molecular flexibility index (Phi) is 7.08. The minimum Gasteiger partial charge on any atom is -0.381 e. The number of aromatic nitrogens is 2. The highest BCUT2D eigenvalue weighted by Gasteiger charge is 2.09. The molecular formula is C13H22N3O+. The van der Waals surface area contributed by atoms with E-state index in [-0.39, 0.29) is 0 Å². The molecule has 0 bridgehead atoms. The Morgan fingerprint density at radius 3 is 3.06 bits per heavy atom. The number of hydrogen-bond donors (Lipinski definition) is 1. The van der Waals surface area contributed by atoms with E-state index in [1.54, 1.807) is 0 Å². The number of hydrogen-bond acceptors (Lipinski definition) is 2. The minimum atomic E-state index is 0.622. The SMILES string of the molecule is CCCOCCCc1[nH]cc[n+]1CCCC#N. The number of rotatable bonds is 9. The van der Waals surface area contributed by atoms with Gasteiger partial charge in [0.1, 0.15) is 12.4 Å². The molecule has 0 unspecified atom stereocenters. The van der Waals surface area contributed by atoms with Crippen LogP contribution < -0.4 is 4.57 Å². The van der Waals surface area contributed by atoms with E-state index < -0.39 is 0 Å². The Morgan fingerprint density at radius 2 is 2.29 bits per heavy atom. The Bertz CT molecular complexity index is 341. The fraction of sp³-hybridized carbons (Fsp3) is 0.692. The summed E-state index contributed by atoms with van der Waals surface area (Å²) in [6, 6.07) is 2.17. The summed E-state index contributed by atoms with van der Waals surface area (Å²) in [7, 11) is 0. The Labute approximate surface area is 103 Å². The van der Waals surface area contributed by atoms with Crippen molar-refractivity contribution in [2.45, 2.75) is 45.6 Å². The predicted octanol–water partition coefficient (Wildman–Crippen LogP) is 1.97. The standard InChI is InChI=1S/C13H21N3O/c1-2-11-17-12-5-6-13-15-8-10-16(13)9-4-3-7-14/h8,10H,2-6,9,11-12H2,1H3/p+1. The molecule has 0 radical (unpaired) electrons. The molecule has 0 fully saturated rings. The first-order chi connectivity index (χ1) is 8.38. The van der Waals surface area contributed by atoms with Gasteiger partial charge in [0.25, 0.3) is 5.82 Å². The van der Waals surface area contributed by atoms with Gasteiger partial charge in [-0.25, -0.2) is 9.55 Å². The Morgan fingerprint density at radius 1 is 1.41 bits per heavy atom. The van der Waals surface area contributed by atoms with Crippen molar-refractivity contribution >= 4 is 0 Å². The number of nitrogens with one attached hydrogen (secondary N) is 1. The maximum atomic E-state index is 8.50. The molecule has 1 N–H and O–H groups in total. The first kappa shape index (κ1) is 13.7. The summed E-state index contributed by atoms with van der Waals surface area (Å²) in [5.74, 6) is 1.23. The van der Waals surface area contributed by atoms with E-state index in [1.807, 2.05) is 12.4 Å². The van der Waals surface area contributed by atoms with Gasteiger partial charge < -0.3 is 4.74 Å². The van der Waals surface area contributed by atoms with Crippen LogP contribution in [0.5, 0.6) is 0 Å². The van der Waals surface area contributed by atoms with Crippen LogP contribution in [-0.2, 0) is 17.7 Å². The molecule has 0 atom stereocenters. The third kappa shape index (κ3) is 5.50. The fourth-order valence-electron chi connectivity index (χ4n) is 1.74. The van der Waals surface area contributed by atoms with E-state index in [0.29, 0.717) is 6.42 Å². The highest BCUT2D eigenvalue weighted by molar-refractivity contribution is 4.77. The molecule has 1 rings (SSSR count).